The Kier molecular flexibility index (Phi) is 6.38. The van der Waals surface area contributed by atoms with Crippen molar-refractivity contribution in [1.29, 1.82) is 0 Å². The summed E-state index contributed by atoms with van der Waals surface area (Å²) >= 11 is 0. The molecule has 1 aromatic rings. The van der Waals surface area contributed by atoms with Crippen LogP contribution in [0.3, 0.4) is 0 Å². The minimum atomic E-state index is 0.592. The fourth-order valence-electron chi connectivity index (χ4n) is 3.37. The first-order chi connectivity index (χ1) is 9.83. The lowest BCUT2D eigenvalue weighted by atomic mass is 9.93. The molecule has 1 aromatic carbocycles. The van der Waals surface area contributed by atoms with Crippen LogP contribution in [0.1, 0.15) is 51.0 Å². The average molecular weight is 275 g/mol. The lowest BCUT2D eigenvalue weighted by Gasteiger charge is -2.23. The summed E-state index contributed by atoms with van der Waals surface area (Å²) in [4.78, 5) is 0. The highest BCUT2D eigenvalue weighted by molar-refractivity contribution is 5.33. The van der Waals surface area contributed by atoms with Crippen molar-refractivity contribution in [2.75, 3.05) is 13.7 Å². The van der Waals surface area contributed by atoms with Crippen molar-refractivity contribution in [3.63, 3.8) is 0 Å². The van der Waals surface area contributed by atoms with Gasteiger partial charge in [0.15, 0.2) is 0 Å². The topological polar surface area (TPSA) is 21.3 Å². The van der Waals surface area contributed by atoms with Gasteiger partial charge in [-0.25, -0.2) is 0 Å². The van der Waals surface area contributed by atoms with Crippen molar-refractivity contribution in [3.05, 3.63) is 29.8 Å². The number of benzene rings is 1. The van der Waals surface area contributed by atoms with Crippen LogP contribution in [0.2, 0.25) is 0 Å². The van der Waals surface area contributed by atoms with Crippen LogP contribution in [0.4, 0.5) is 0 Å². The molecular weight excluding hydrogens is 246 g/mol. The van der Waals surface area contributed by atoms with Crippen LogP contribution in [0.25, 0.3) is 0 Å². The van der Waals surface area contributed by atoms with Gasteiger partial charge in [0.2, 0.25) is 0 Å². The summed E-state index contributed by atoms with van der Waals surface area (Å²) in [5.41, 5.74) is 1.33. The van der Waals surface area contributed by atoms with Gasteiger partial charge in [-0.3, -0.25) is 0 Å². The highest BCUT2D eigenvalue weighted by atomic mass is 16.5. The summed E-state index contributed by atoms with van der Waals surface area (Å²) in [5.74, 6) is 1.96. The molecule has 1 atom stereocenters. The van der Waals surface area contributed by atoms with E-state index in [1.807, 2.05) is 6.07 Å². The maximum absolute atomic E-state index is 5.49. The van der Waals surface area contributed by atoms with Gasteiger partial charge in [0.05, 0.1) is 7.11 Å². The van der Waals surface area contributed by atoms with Gasteiger partial charge in [0.1, 0.15) is 5.75 Å². The van der Waals surface area contributed by atoms with Crippen LogP contribution < -0.4 is 10.1 Å². The molecule has 0 radical (unpaired) electrons. The van der Waals surface area contributed by atoms with Gasteiger partial charge in [0.25, 0.3) is 0 Å². The van der Waals surface area contributed by atoms with E-state index < -0.39 is 0 Å². The van der Waals surface area contributed by atoms with E-state index in [1.165, 1.54) is 44.1 Å². The summed E-state index contributed by atoms with van der Waals surface area (Å²) in [6.45, 7) is 3.36. The van der Waals surface area contributed by atoms with Gasteiger partial charge in [0, 0.05) is 6.04 Å². The fraction of sp³-hybridized carbons (Fsp3) is 0.667. The first-order valence-electron chi connectivity index (χ1n) is 8.18. The normalized spacial score (nSPS) is 17.3. The third-order valence-corrected chi connectivity index (χ3v) is 4.43. The molecule has 1 fully saturated rings. The van der Waals surface area contributed by atoms with Gasteiger partial charge in [-0.15, -0.1) is 0 Å². The maximum atomic E-state index is 5.49. The first kappa shape index (κ1) is 15.4. The van der Waals surface area contributed by atoms with Gasteiger partial charge in [-0.05, 0) is 43.4 Å². The predicted octanol–water partition coefficient (Wildman–Crippen LogP) is 4.19. The number of para-hydroxylation sites is 1. The molecule has 2 nitrogen and oxygen atoms in total. The first-order valence-corrected chi connectivity index (χ1v) is 8.18. The third kappa shape index (κ3) is 4.52. The summed E-state index contributed by atoms with van der Waals surface area (Å²) in [7, 11) is 1.77. The van der Waals surface area contributed by atoms with Crippen LogP contribution in [0, 0.1) is 5.92 Å². The van der Waals surface area contributed by atoms with Crippen molar-refractivity contribution in [1.82, 2.24) is 5.32 Å². The molecule has 112 valence electrons. The third-order valence-electron chi connectivity index (χ3n) is 4.43. The molecule has 0 aromatic heterocycles. The van der Waals surface area contributed by atoms with E-state index in [1.54, 1.807) is 7.11 Å². The van der Waals surface area contributed by atoms with E-state index in [4.69, 9.17) is 4.74 Å². The van der Waals surface area contributed by atoms with E-state index in [-0.39, 0.29) is 0 Å². The van der Waals surface area contributed by atoms with Gasteiger partial charge in [-0.1, -0.05) is 50.8 Å². The van der Waals surface area contributed by atoms with Crippen molar-refractivity contribution in [2.24, 2.45) is 5.92 Å². The summed E-state index contributed by atoms with van der Waals surface area (Å²) in [6.07, 6.45) is 9.32. The number of methoxy groups -OCH3 is 1. The number of nitrogens with one attached hydrogen (secondary N) is 1. The smallest absolute Gasteiger partial charge is 0.122 e. The Balaban J connectivity index is 1.97. The molecule has 1 unspecified atom stereocenters. The second-order valence-electron chi connectivity index (χ2n) is 6.05. The molecule has 0 amide bonds. The Morgan fingerprint density at radius 3 is 2.70 bits per heavy atom. The van der Waals surface area contributed by atoms with Crippen molar-refractivity contribution in [2.45, 2.75) is 57.9 Å². The quantitative estimate of drug-likeness (QED) is 0.768. The molecule has 1 aliphatic carbocycles. The van der Waals surface area contributed by atoms with Crippen LogP contribution in [-0.2, 0) is 6.42 Å². The van der Waals surface area contributed by atoms with E-state index in [2.05, 4.69) is 30.4 Å². The maximum Gasteiger partial charge on any atom is 0.122 e. The highest BCUT2D eigenvalue weighted by Gasteiger charge is 2.20. The molecule has 0 bridgehead atoms. The van der Waals surface area contributed by atoms with E-state index in [9.17, 15) is 0 Å². The standard InChI is InChI=1S/C18H29NO/c1-3-12-19-17(13-15-8-4-5-9-15)14-16-10-6-7-11-18(16)20-2/h6-7,10-11,15,17,19H,3-5,8-9,12-14H2,1-2H3. The van der Waals surface area contributed by atoms with Crippen LogP contribution in [0.5, 0.6) is 5.75 Å². The largest absolute Gasteiger partial charge is 0.496 e. The van der Waals surface area contributed by atoms with Crippen molar-refractivity contribution < 1.29 is 4.74 Å². The minimum Gasteiger partial charge on any atom is -0.496 e. The molecule has 1 aliphatic rings. The van der Waals surface area contributed by atoms with E-state index >= 15 is 0 Å². The Bertz CT molecular complexity index is 385. The number of hydrogen-bond donors (Lipinski definition) is 1. The predicted molar refractivity (Wildman–Crippen MR) is 85.4 cm³/mol. The zero-order valence-electron chi connectivity index (χ0n) is 13.0. The Morgan fingerprint density at radius 2 is 2.00 bits per heavy atom. The molecule has 20 heavy (non-hydrogen) atoms. The molecule has 0 aliphatic heterocycles. The number of hydrogen-bond acceptors (Lipinski definition) is 2. The van der Waals surface area contributed by atoms with Crippen molar-refractivity contribution >= 4 is 0 Å². The Hall–Kier alpha value is -1.02. The zero-order valence-corrected chi connectivity index (χ0v) is 13.0. The van der Waals surface area contributed by atoms with E-state index in [0.717, 1.165) is 24.6 Å². The lowest BCUT2D eigenvalue weighted by molar-refractivity contribution is 0.373. The fourth-order valence-corrected chi connectivity index (χ4v) is 3.37. The molecule has 1 N–H and O–H groups in total. The minimum absolute atomic E-state index is 0.592. The SMILES string of the molecule is CCCNC(Cc1ccccc1OC)CC1CCCC1. The summed E-state index contributed by atoms with van der Waals surface area (Å²) in [5, 5.41) is 3.74. The van der Waals surface area contributed by atoms with Gasteiger partial charge < -0.3 is 10.1 Å². The van der Waals surface area contributed by atoms with Gasteiger partial charge >= 0.3 is 0 Å². The van der Waals surface area contributed by atoms with E-state index in [0.29, 0.717) is 6.04 Å². The Labute approximate surface area is 123 Å². The monoisotopic (exact) mass is 275 g/mol. The number of rotatable bonds is 8. The average Bonchev–Trinajstić information content (AvgIpc) is 2.98. The molecule has 0 heterocycles. The molecule has 0 spiro atoms. The zero-order chi connectivity index (χ0) is 14.2. The van der Waals surface area contributed by atoms with Crippen LogP contribution in [-0.4, -0.2) is 19.7 Å². The molecule has 2 rings (SSSR count). The van der Waals surface area contributed by atoms with Crippen LogP contribution >= 0.6 is 0 Å². The molecule has 2 heteroatoms. The highest BCUT2D eigenvalue weighted by Crippen LogP contribution is 2.30. The molecular formula is C18H29NO. The molecule has 1 saturated carbocycles. The lowest BCUT2D eigenvalue weighted by Crippen LogP contribution is -2.33. The summed E-state index contributed by atoms with van der Waals surface area (Å²) < 4.78 is 5.49. The second-order valence-corrected chi connectivity index (χ2v) is 6.05. The number of ether oxygens (including phenoxy) is 1. The van der Waals surface area contributed by atoms with Crippen LogP contribution in [0.15, 0.2) is 24.3 Å². The second kappa shape index (κ2) is 8.31. The van der Waals surface area contributed by atoms with Crippen molar-refractivity contribution in [3.8, 4) is 5.75 Å². The van der Waals surface area contributed by atoms with Gasteiger partial charge in [-0.2, -0.15) is 0 Å². The Morgan fingerprint density at radius 1 is 1.25 bits per heavy atom. The molecule has 0 saturated heterocycles. The summed E-state index contributed by atoms with van der Waals surface area (Å²) in [6, 6.07) is 9.03.